The number of benzene rings is 2. The molecule has 0 bridgehead atoms. The molecule has 1 aliphatic heterocycles. The number of halogens is 1. The second kappa shape index (κ2) is 8.47. The number of ether oxygens (including phenoxy) is 1. The van der Waals surface area contributed by atoms with Gasteiger partial charge in [0.05, 0.1) is 13.2 Å². The largest absolute Gasteiger partial charge is 0.497 e. The van der Waals surface area contributed by atoms with Crippen molar-refractivity contribution in [3.8, 4) is 17.0 Å². The van der Waals surface area contributed by atoms with Gasteiger partial charge in [-0.3, -0.25) is 4.79 Å². The molecule has 0 saturated carbocycles. The Hall–Kier alpha value is -3.15. The van der Waals surface area contributed by atoms with Crippen molar-refractivity contribution < 1.29 is 18.4 Å². The van der Waals surface area contributed by atoms with Gasteiger partial charge in [-0.15, -0.1) is 0 Å². The third-order valence-corrected chi connectivity index (χ3v) is 5.33. The van der Waals surface area contributed by atoms with Gasteiger partial charge in [0.2, 0.25) is 0 Å². The number of carbonyl (C=O) groups excluding carboxylic acids is 1. The van der Waals surface area contributed by atoms with Crippen LogP contribution in [0.5, 0.6) is 5.75 Å². The summed E-state index contributed by atoms with van der Waals surface area (Å²) in [5.41, 5.74) is 1.98. The summed E-state index contributed by atoms with van der Waals surface area (Å²) in [5, 5.41) is 4.21. The maximum absolute atomic E-state index is 13.6. The fraction of sp³-hybridized carbons (Fsp3) is 0.304. The molecule has 1 unspecified atom stereocenters. The molecule has 2 aromatic carbocycles. The van der Waals surface area contributed by atoms with Gasteiger partial charge in [0, 0.05) is 23.7 Å². The van der Waals surface area contributed by atoms with Gasteiger partial charge in [0.25, 0.3) is 5.91 Å². The van der Waals surface area contributed by atoms with Gasteiger partial charge in [-0.05, 0) is 55.3 Å². The molecule has 4 rings (SSSR count). The maximum atomic E-state index is 13.6. The fourth-order valence-electron chi connectivity index (χ4n) is 3.78. The Morgan fingerprint density at radius 2 is 1.97 bits per heavy atom. The Morgan fingerprint density at radius 1 is 1.14 bits per heavy atom. The molecule has 6 heteroatoms. The highest BCUT2D eigenvalue weighted by molar-refractivity contribution is 5.94. The summed E-state index contributed by atoms with van der Waals surface area (Å²) in [5.74, 6) is 0.832. The van der Waals surface area contributed by atoms with Crippen molar-refractivity contribution in [3.63, 3.8) is 0 Å². The zero-order valence-corrected chi connectivity index (χ0v) is 16.3. The first-order valence-electron chi connectivity index (χ1n) is 9.83. The highest BCUT2D eigenvalue weighted by Gasteiger charge is 2.30. The summed E-state index contributed by atoms with van der Waals surface area (Å²) in [7, 11) is 1.62. The van der Waals surface area contributed by atoms with Crippen molar-refractivity contribution in [1.82, 2.24) is 10.1 Å². The molecule has 1 aliphatic rings. The van der Waals surface area contributed by atoms with E-state index in [9.17, 15) is 9.18 Å². The van der Waals surface area contributed by atoms with Crippen LogP contribution in [0.2, 0.25) is 0 Å². The number of hydrogen-bond acceptors (Lipinski definition) is 4. The van der Waals surface area contributed by atoms with E-state index in [2.05, 4.69) is 5.16 Å². The lowest BCUT2D eigenvalue weighted by Crippen LogP contribution is -2.34. The van der Waals surface area contributed by atoms with E-state index in [1.165, 1.54) is 12.1 Å². The molecule has 0 N–H and O–H groups in total. The van der Waals surface area contributed by atoms with E-state index in [0.717, 1.165) is 37.0 Å². The zero-order chi connectivity index (χ0) is 20.2. The van der Waals surface area contributed by atoms with Crippen LogP contribution < -0.4 is 4.74 Å². The topological polar surface area (TPSA) is 55.6 Å². The van der Waals surface area contributed by atoms with Crippen LogP contribution in [-0.2, 0) is 0 Å². The smallest absolute Gasteiger partial charge is 0.254 e. The lowest BCUT2D eigenvalue weighted by atomic mass is 10.0. The third-order valence-electron chi connectivity index (χ3n) is 5.33. The molecule has 0 radical (unpaired) electrons. The third kappa shape index (κ3) is 4.16. The Bertz CT molecular complexity index is 984. The first-order valence-corrected chi connectivity index (χ1v) is 9.83. The quantitative estimate of drug-likeness (QED) is 0.607. The van der Waals surface area contributed by atoms with Crippen LogP contribution in [0.4, 0.5) is 4.39 Å². The van der Waals surface area contributed by atoms with Crippen molar-refractivity contribution in [3.05, 3.63) is 71.7 Å². The summed E-state index contributed by atoms with van der Waals surface area (Å²) in [6, 6.07) is 15.1. The van der Waals surface area contributed by atoms with Gasteiger partial charge >= 0.3 is 0 Å². The second-order valence-corrected chi connectivity index (χ2v) is 7.22. The molecule has 1 amide bonds. The number of methoxy groups -OCH3 is 1. The summed E-state index contributed by atoms with van der Waals surface area (Å²) in [4.78, 5) is 14.9. The average Bonchev–Trinajstić information content (AvgIpc) is 3.11. The van der Waals surface area contributed by atoms with Gasteiger partial charge in [0.15, 0.2) is 5.76 Å². The highest BCUT2D eigenvalue weighted by atomic mass is 19.1. The molecule has 150 valence electrons. The minimum absolute atomic E-state index is 0.182. The minimum Gasteiger partial charge on any atom is -0.497 e. The molecule has 0 aliphatic carbocycles. The molecule has 5 nitrogen and oxygen atoms in total. The number of amides is 1. The first kappa shape index (κ1) is 19.2. The van der Waals surface area contributed by atoms with Gasteiger partial charge in [-0.25, -0.2) is 4.39 Å². The maximum Gasteiger partial charge on any atom is 0.254 e. The lowest BCUT2D eigenvalue weighted by Gasteiger charge is -2.28. The van der Waals surface area contributed by atoms with E-state index >= 15 is 0 Å². The Balaban J connectivity index is 1.62. The molecule has 1 atom stereocenters. The van der Waals surface area contributed by atoms with Crippen LogP contribution in [-0.4, -0.2) is 29.6 Å². The standard InChI is InChI=1S/C23H23FN2O3/c1-28-19-11-9-16(10-12-19)20-15-22(29-25-20)21-8-3-2-4-13-26(21)23(27)17-6-5-7-18(24)14-17/h5-7,9-12,14-15,21H,2-4,8,13H2,1H3. The van der Waals surface area contributed by atoms with Crippen molar-refractivity contribution in [2.24, 2.45) is 0 Å². The molecule has 2 heterocycles. The number of rotatable bonds is 4. The Labute approximate surface area is 169 Å². The number of likely N-dealkylation sites (tertiary alicyclic amines) is 1. The van der Waals surface area contributed by atoms with Crippen molar-refractivity contribution in [2.45, 2.75) is 31.7 Å². The normalized spacial score (nSPS) is 17.0. The summed E-state index contributed by atoms with van der Waals surface area (Å²) >= 11 is 0. The van der Waals surface area contributed by atoms with Gasteiger partial charge in [-0.2, -0.15) is 0 Å². The molecule has 29 heavy (non-hydrogen) atoms. The van der Waals surface area contributed by atoms with E-state index in [1.807, 2.05) is 30.3 Å². The van der Waals surface area contributed by atoms with Crippen LogP contribution in [0.1, 0.15) is 47.8 Å². The predicted molar refractivity (Wildman–Crippen MR) is 107 cm³/mol. The predicted octanol–water partition coefficient (Wildman–Crippen LogP) is 5.25. The van der Waals surface area contributed by atoms with Gasteiger partial charge < -0.3 is 14.2 Å². The number of nitrogens with zero attached hydrogens (tertiary/aromatic N) is 2. The molecule has 1 saturated heterocycles. The minimum atomic E-state index is -0.413. The molecule has 3 aromatic rings. The van der Waals surface area contributed by atoms with Crippen LogP contribution in [0.3, 0.4) is 0 Å². The summed E-state index contributed by atoms with van der Waals surface area (Å²) in [6.07, 6.45) is 3.74. The Morgan fingerprint density at radius 3 is 2.72 bits per heavy atom. The number of hydrogen-bond donors (Lipinski definition) is 0. The first-order chi connectivity index (χ1) is 14.2. The summed E-state index contributed by atoms with van der Waals surface area (Å²) < 4.78 is 24.5. The average molecular weight is 394 g/mol. The van der Waals surface area contributed by atoms with Crippen molar-refractivity contribution in [2.75, 3.05) is 13.7 Å². The van der Waals surface area contributed by atoms with Crippen LogP contribution >= 0.6 is 0 Å². The van der Waals surface area contributed by atoms with Crippen LogP contribution in [0.15, 0.2) is 59.1 Å². The molecular weight excluding hydrogens is 371 g/mol. The number of aromatic nitrogens is 1. The van der Waals surface area contributed by atoms with E-state index in [-0.39, 0.29) is 11.9 Å². The Kier molecular flexibility index (Phi) is 5.60. The monoisotopic (exact) mass is 394 g/mol. The second-order valence-electron chi connectivity index (χ2n) is 7.22. The number of carbonyl (C=O) groups is 1. The lowest BCUT2D eigenvalue weighted by molar-refractivity contribution is 0.0650. The molecule has 1 fully saturated rings. The van der Waals surface area contributed by atoms with Crippen LogP contribution in [0, 0.1) is 5.82 Å². The highest BCUT2D eigenvalue weighted by Crippen LogP contribution is 2.34. The summed E-state index contributed by atoms with van der Waals surface area (Å²) in [6.45, 7) is 0.610. The van der Waals surface area contributed by atoms with Crippen molar-refractivity contribution >= 4 is 5.91 Å². The van der Waals surface area contributed by atoms with Crippen molar-refractivity contribution in [1.29, 1.82) is 0 Å². The van der Waals surface area contributed by atoms with E-state index in [4.69, 9.17) is 9.26 Å². The van der Waals surface area contributed by atoms with E-state index in [0.29, 0.717) is 23.6 Å². The molecular formula is C23H23FN2O3. The van der Waals surface area contributed by atoms with E-state index in [1.54, 1.807) is 24.1 Å². The van der Waals surface area contributed by atoms with Gasteiger partial charge in [-0.1, -0.05) is 24.1 Å². The van der Waals surface area contributed by atoms with Gasteiger partial charge in [0.1, 0.15) is 17.3 Å². The SMILES string of the molecule is COc1ccc(-c2cc(C3CCCCCN3C(=O)c3cccc(F)c3)on2)cc1. The van der Waals surface area contributed by atoms with E-state index < -0.39 is 5.82 Å². The zero-order valence-electron chi connectivity index (χ0n) is 16.3. The van der Waals surface area contributed by atoms with Crippen LogP contribution in [0.25, 0.3) is 11.3 Å². The fourth-order valence-corrected chi connectivity index (χ4v) is 3.78. The molecule has 0 spiro atoms. The molecule has 1 aromatic heterocycles.